The van der Waals surface area contributed by atoms with Crippen LogP contribution in [0.4, 0.5) is 5.69 Å². The molecule has 3 N–H and O–H groups in total. The molecule has 0 aromatic heterocycles. The topological polar surface area (TPSA) is 95.5 Å². The summed E-state index contributed by atoms with van der Waals surface area (Å²) in [6.07, 6.45) is 0.159. The Bertz CT molecular complexity index is 581. The number of carboxylic acids is 1. The highest BCUT2D eigenvalue weighted by atomic mass is 16.4. The highest BCUT2D eigenvalue weighted by Crippen LogP contribution is 2.11. The fraction of sp³-hybridized carbons (Fsp3) is 0.267. The van der Waals surface area contributed by atoms with Crippen molar-refractivity contribution in [3.05, 3.63) is 42.0 Å². The molecule has 1 rings (SSSR count). The Morgan fingerprint density at radius 3 is 2.48 bits per heavy atom. The second-order valence-electron chi connectivity index (χ2n) is 4.79. The zero-order valence-corrected chi connectivity index (χ0v) is 12.0. The van der Waals surface area contributed by atoms with Crippen LogP contribution >= 0.6 is 0 Å². The standard InChI is InChI=1S/C15H18N2O4/c1-9(2)7-13(15(20)21)17-14(19)11-5-4-6-12(8-11)16-10(3)18/h4-6,8,13H,1,7H2,2-3H3,(H,16,18)(H,17,19)(H,20,21)/t13-/m1/s1. The van der Waals surface area contributed by atoms with Crippen molar-refractivity contribution in [2.45, 2.75) is 26.3 Å². The van der Waals surface area contributed by atoms with E-state index in [-0.39, 0.29) is 17.9 Å². The van der Waals surface area contributed by atoms with Crippen molar-refractivity contribution in [2.75, 3.05) is 5.32 Å². The number of benzene rings is 1. The molecule has 0 aliphatic rings. The minimum Gasteiger partial charge on any atom is -0.480 e. The number of carbonyl (C=O) groups is 3. The van der Waals surface area contributed by atoms with Crippen LogP contribution in [0.15, 0.2) is 36.4 Å². The Balaban J connectivity index is 2.84. The molecule has 0 radical (unpaired) electrons. The van der Waals surface area contributed by atoms with Gasteiger partial charge in [-0.2, -0.15) is 0 Å². The molecule has 0 saturated heterocycles. The van der Waals surface area contributed by atoms with Crippen LogP contribution in [-0.2, 0) is 9.59 Å². The average molecular weight is 290 g/mol. The lowest BCUT2D eigenvalue weighted by Gasteiger charge is -2.14. The van der Waals surface area contributed by atoms with Gasteiger partial charge in [0, 0.05) is 18.2 Å². The van der Waals surface area contributed by atoms with Gasteiger partial charge in [-0.1, -0.05) is 11.6 Å². The number of rotatable bonds is 6. The van der Waals surface area contributed by atoms with Gasteiger partial charge in [-0.05, 0) is 31.5 Å². The van der Waals surface area contributed by atoms with E-state index in [9.17, 15) is 14.4 Å². The van der Waals surface area contributed by atoms with Crippen LogP contribution in [0, 0.1) is 0 Å². The lowest BCUT2D eigenvalue weighted by molar-refractivity contribution is -0.139. The minimum atomic E-state index is -1.12. The summed E-state index contributed by atoms with van der Waals surface area (Å²) in [5.74, 6) is -1.89. The van der Waals surface area contributed by atoms with E-state index in [1.165, 1.54) is 13.0 Å². The van der Waals surface area contributed by atoms with Gasteiger partial charge in [-0.3, -0.25) is 9.59 Å². The number of nitrogens with one attached hydrogen (secondary N) is 2. The zero-order valence-electron chi connectivity index (χ0n) is 12.0. The van der Waals surface area contributed by atoms with Gasteiger partial charge in [0.2, 0.25) is 5.91 Å². The van der Waals surface area contributed by atoms with Crippen molar-refractivity contribution in [3.63, 3.8) is 0 Å². The molecule has 21 heavy (non-hydrogen) atoms. The highest BCUT2D eigenvalue weighted by Gasteiger charge is 2.20. The molecular formula is C15H18N2O4. The van der Waals surface area contributed by atoms with Crippen LogP contribution in [-0.4, -0.2) is 28.9 Å². The molecule has 1 atom stereocenters. The van der Waals surface area contributed by atoms with Gasteiger partial charge in [0.1, 0.15) is 6.04 Å². The molecule has 0 aliphatic carbocycles. The van der Waals surface area contributed by atoms with Crippen LogP contribution in [0.2, 0.25) is 0 Å². The third-order valence-corrected chi connectivity index (χ3v) is 2.60. The Kier molecular flexibility index (Phi) is 5.66. The summed E-state index contributed by atoms with van der Waals surface area (Å²) in [5.41, 5.74) is 1.41. The average Bonchev–Trinajstić information content (AvgIpc) is 2.36. The van der Waals surface area contributed by atoms with E-state index in [0.29, 0.717) is 11.3 Å². The Morgan fingerprint density at radius 2 is 1.95 bits per heavy atom. The molecule has 0 unspecified atom stereocenters. The second kappa shape index (κ2) is 7.23. The summed E-state index contributed by atoms with van der Waals surface area (Å²) < 4.78 is 0. The Labute approximate surface area is 122 Å². The molecule has 0 bridgehead atoms. The summed E-state index contributed by atoms with van der Waals surface area (Å²) in [5, 5.41) is 14.1. The molecule has 0 spiro atoms. The SMILES string of the molecule is C=C(C)C[C@@H](NC(=O)c1cccc(NC(C)=O)c1)C(=O)O. The van der Waals surface area contributed by atoms with Gasteiger partial charge in [0.25, 0.3) is 5.91 Å². The van der Waals surface area contributed by atoms with E-state index < -0.39 is 17.9 Å². The zero-order chi connectivity index (χ0) is 16.0. The monoisotopic (exact) mass is 290 g/mol. The van der Waals surface area contributed by atoms with E-state index in [1.807, 2.05) is 0 Å². The summed E-state index contributed by atoms with van der Waals surface area (Å²) in [6.45, 7) is 6.70. The van der Waals surface area contributed by atoms with Gasteiger partial charge >= 0.3 is 5.97 Å². The van der Waals surface area contributed by atoms with E-state index in [2.05, 4.69) is 17.2 Å². The molecule has 0 saturated carbocycles. The fourth-order valence-corrected chi connectivity index (χ4v) is 1.73. The largest absolute Gasteiger partial charge is 0.480 e. The number of hydrogen-bond donors (Lipinski definition) is 3. The third kappa shape index (κ3) is 5.48. The van der Waals surface area contributed by atoms with Crippen LogP contribution in [0.25, 0.3) is 0 Å². The second-order valence-corrected chi connectivity index (χ2v) is 4.79. The van der Waals surface area contributed by atoms with Crippen LogP contribution in [0.1, 0.15) is 30.6 Å². The number of carbonyl (C=O) groups excluding carboxylic acids is 2. The maximum atomic E-state index is 12.1. The maximum Gasteiger partial charge on any atom is 0.326 e. The van der Waals surface area contributed by atoms with Gasteiger partial charge in [-0.15, -0.1) is 6.58 Å². The third-order valence-electron chi connectivity index (χ3n) is 2.60. The Hall–Kier alpha value is -2.63. The van der Waals surface area contributed by atoms with E-state index >= 15 is 0 Å². The first-order valence-electron chi connectivity index (χ1n) is 6.35. The predicted molar refractivity (Wildman–Crippen MR) is 79.1 cm³/mol. The van der Waals surface area contributed by atoms with E-state index in [1.54, 1.807) is 25.1 Å². The maximum absolute atomic E-state index is 12.1. The van der Waals surface area contributed by atoms with Gasteiger partial charge in [0.05, 0.1) is 0 Å². The normalized spacial score (nSPS) is 11.3. The number of carboxylic acid groups (broad SMARTS) is 1. The van der Waals surface area contributed by atoms with Crippen LogP contribution in [0.3, 0.4) is 0 Å². The Morgan fingerprint density at radius 1 is 1.29 bits per heavy atom. The first kappa shape index (κ1) is 16.4. The number of anilines is 1. The first-order chi connectivity index (χ1) is 9.79. The molecule has 0 heterocycles. The van der Waals surface area contributed by atoms with Crippen molar-refractivity contribution < 1.29 is 19.5 Å². The van der Waals surface area contributed by atoms with Crippen LogP contribution < -0.4 is 10.6 Å². The molecule has 1 aromatic carbocycles. The molecular weight excluding hydrogens is 272 g/mol. The van der Waals surface area contributed by atoms with Crippen LogP contribution in [0.5, 0.6) is 0 Å². The predicted octanol–water partition coefficient (Wildman–Crippen LogP) is 1.79. The first-order valence-corrected chi connectivity index (χ1v) is 6.35. The summed E-state index contributed by atoms with van der Waals surface area (Å²) >= 11 is 0. The molecule has 6 nitrogen and oxygen atoms in total. The minimum absolute atomic E-state index is 0.159. The molecule has 0 aliphatic heterocycles. The number of amides is 2. The van der Waals surface area contributed by atoms with E-state index in [4.69, 9.17) is 5.11 Å². The lowest BCUT2D eigenvalue weighted by atomic mass is 10.1. The molecule has 0 fully saturated rings. The number of aliphatic carboxylic acids is 1. The number of hydrogen-bond acceptors (Lipinski definition) is 3. The fourth-order valence-electron chi connectivity index (χ4n) is 1.73. The van der Waals surface area contributed by atoms with Gasteiger partial charge in [0.15, 0.2) is 0 Å². The van der Waals surface area contributed by atoms with Gasteiger partial charge in [-0.25, -0.2) is 4.79 Å². The summed E-state index contributed by atoms with van der Waals surface area (Å²) in [4.78, 5) is 34.1. The van der Waals surface area contributed by atoms with Crippen molar-refractivity contribution in [1.29, 1.82) is 0 Å². The molecule has 1 aromatic rings. The van der Waals surface area contributed by atoms with E-state index in [0.717, 1.165) is 0 Å². The molecule has 112 valence electrons. The van der Waals surface area contributed by atoms with Crippen molar-refractivity contribution in [1.82, 2.24) is 5.32 Å². The van der Waals surface area contributed by atoms with Gasteiger partial charge < -0.3 is 15.7 Å². The molecule has 2 amide bonds. The molecule has 6 heteroatoms. The summed E-state index contributed by atoms with van der Waals surface area (Å²) in [7, 11) is 0. The lowest BCUT2D eigenvalue weighted by Crippen LogP contribution is -2.40. The van der Waals surface area contributed by atoms with Crippen molar-refractivity contribution in [3.8, 4) is 0 Å². The van der Waals surface area contributed by atoms with Crippen molar-refractivity contribution in [2.24, 2.45) is 0 Å². The highest BCUT2D eigenvalue weighted by molar-refractivity contribution is 5.98. The van der Waals surface area contributed by atoms with Crippen molar-refractivity contribution >= 4 is 23.5 Å². The quantitative estimate of drug-likeness (QED) is 0.696. The smallest absolute Gasteiger partial charge is 0.326 e. The summed E-state index contributed by atoms with van der Waals surface area (Å²) in [6, 6.07) is 5.24.